The highest BCUT2D eigenvalue weighted by Crippen LogP contribution is 2.30. The molecule has 0 radical (unpaired) electrons. The molecule has 0 spiro atoms. The van der Waals surface area contributed by atoms with Crippen LogP contribution in [0.2, 0.25) is 0 Å². The van der Waals surface area contributed by atoms with Crippen LogP contribution >= 0.6 is 27.7 Å². The first-order chi connectivity index (χ1) is 10.2. The van der Waals surface area contributed by atoms with Gasteiger partial charge in [0.2, 0.25) is 0 Å². The number of thioether (sulfide) groups is 1. The van der Waals surface area contributed by atoms with Gasteiger partial charge in [-0.25, -0.2) is 4.39 Å². The number of nitrogens with one attached hydrogen (secondary N) is 1. The average Bonchev–Trinajstić information content (AvgIpc) is 2.49. The van der Waals surface area contributed by atoms with Crippen LogP contribution in [-0.4, -0.2) is 12.8 Å². The molecule has 0 aliphatic rings. The first kappa shape index (κ1) is 16.5. The predicted molar refractivity (Wildman–Crippen MR) is 92.4 cm³/mol. The molecule has 2 aromatic rings. The van der Waals surface area contributed by atoms with Crippen molar-refractivity contribution in [1.82, 2.24) is 5.32 Å². The second-order valence-corrected chi connectivity index (χ2v) is 6.49. The summed E-state index contributed by atoms with van der Waals surface area (Å²) < 4.78 is 14.1. The lowest BCUT2D eigenvalue weighted by atomic mass is 9.98. The molecule has 1 nitrogen and oxygen atoms in total. The number of halogens is 2. The molecule has 4 heteroatoms. The van der Waals surface area contributed by atoms with Gasteiger partial charge in [0.1, 0.15) is 5.82 Å². The van der Waals surface area contributed by atoms with Crippen LogP contribution in [-0.2, 0) is 6.42 Å². The summed E-state index contributed by atoms with van der Waals surface area (Å²) >= 11 is 5.22. The SMILES string of the molecule is CCNC(Cc1ccc(F)cc1Br)c1ccccc1SC. The van der Waals surface area contributed by atoms with Gasteiger partial charge in [0.15, 0.2) is 0 Å². The lowest BCUT2D eigenvalue weighted by Gasteiger charge is -2.21. The first-order valence-electron chi connectivity index (χ1n) is 6.96. The van der Waals surface area contributed by atoms with E-state index in [9.17, 15) is 4.39 Å². The summed E-state index contributed by atoms with van der Waals surface area (Å²) in [5.74, 6) is -0.213. The van der Waals surface area contributed by atoms with E-state index in [0.29, 0.717) is 0 Å². The van der Waals surface area contributed by atoms with Crippen LogP contribution in [0.25, 0.3) is 0 Å². The minimum atomic E-state index is -0.213. The summed E-state index contributed by atoms with van der Waals surface area (Å²) in [4.78, 5) is 1.28. The molecule has 0 saturated heterocycles. The fraction of sp³-hybridized carbons (Fsp3) is 0.294. The molecule has 0 aliphatic heterocycles. The summed E-state index contributed by atoms with van der Waals surface area (Å²) in [5, 5.41) is 3.54. The normalized spacial score (nSPS) is 12.4. The van der Waals surface area contributed by atoms with Crippen LogP contribution in [0.5, 0.6) is 0 Å². The quantitative estimate of drug-likeness (QED) is 0.703. The highest BCUT2D eigenvalue weighted by molar-refractivity contribution is 9.10. The maximum absolute atomic E-state index is 13.2. The Hall–Kier alpha value is -0.840. The van der Waals surface area contributed by atoms with Gasteiger partial charge in [-0.15, -0.1) is 11.8 Å². The van der Waals surface area contributed by atoms with Gasteiger partial charge < -0.3 is 5.32 Å². The van der Waals surface area contributed by atoms with E-state index in [1.807, 2.05) is 6.07 Å². The van der Waals surface area contributed by atoms with E-state index in [1.165, 1.54) is 22.6 Å². The Bertz CT molecular complexity index is 603. The number of rotatable bonds is 6. The lowest BCUT2D eigenvalue weighted by Crippen LogP contribution is -2.23. The standard InChI is InChI=1S/C17H19BrFNS/c1-3-20-16(14-6-4-5-7-17(14)21-2)10-12-8-9-13(19)11-15(12)18/h4-9,11,16,20H,3,10H2,1-2H3. The van der Waals surface area contributed by atoms with Crippen LogP contribution in [0.4, 0.5) is 4.39 Å². The van der Waals surface area contributed by atoms with E-state index >= 15 is 0 Å². The third kappa shape index (κ3) is 4.31. The molecule has 0 saturated carbocycles. The zero-order chi connectivity index (χ0) is 15.2. The number of hydrogen-bond acceptors (Lipinski definition) is 2. The van der Waals surface area contributed by atoms with Gasteiger partial charge in [0.05, 0.1) is 0 Å². The van der Waals surface area contributed by atoms with E-state index in [1.54, 1.807) is 11.8 Å². The van der Waals surface area contributed by atoms with Crippen LogP contribution in [0.15, 0.2) is 51.8 Å². The van der Waals surface area contributed by atoms with Crippen molar-refractivity contribution < 1.29 is 4.39 Å². The Morgan fingerprint density at radius 2 is 2.00 bits per heavy atom. The number of hydrogen-bond donors (Lipinski definition) is 1. The van der Waals surface area contributed by atoms with E-state index in [2.05, 4.69) is 58.7 Å². The van der Waals surface area contributed by atoms with E-state index in [4.69, 9.17) is 0 Å². The van der Waals surface area contributed by atoms with Crippen molar-refractivity contribution in [2.45, 2.75) is 24.3 Å². The van der Waals surface area contributed by atoms with Crippen molar-refractivity contribution in [2.24, 2.45) is 0 Å². The van der Waals surface area contributed by atoms with Gasteiger partial charge in [0, 0.05) is 15.4 Å². The molecule has 112 valence electrons. The first-order valence-corrected chi connectivity index (χ1v) is 8.97. The van der Waals surface area contributed by atoms with Crippen molar-refractivity contribution in [3.8, 4) is 0 Å². The van der Waals surface area contributed by atoms with Gasteiger partial charge in [-0.05, 0) is 48.5 Å². The zero-order valence-corrected chi connectivity index (χ0v) is 14.6. The van der Waals surface area contributed by atoms with Gasteiger partial charge >= 0.3 is 0 Å². The van der Waals surface area contributed by atoms with Crippen molar-refractivity contribution in [3.63, 3.8) is 0 Å². The second kappa shape index (κ2) is 7.97. The summed E-state index contributed by atoms with van der Waals surface area (Å²) in [5.41, 5.74) is 2.40. The summed E-state index contributed by atoms with van der Waals surface area (Å²) in [6.07, 6.45) is 2.92. The minimum Gasteiger partial charge on any atom is -0.310 e. The van der Waals surface area contributed by atoms with Crippen molar-refractivity contribution in [1.29, 1.82) is 0 Å². The number of benzene rings is 2. The Labute approximate surface area is 138 Å². The zero-order valence-electron chi connectivity index (χ0n) is 12.2. The second-order valence-electron chi connectivity index (χ2n) is 4.79. The summed E-state index contributed by atoms with van der Waals surface area (Å²) in [7, 11) is 0. The Balaban J connectivity index is 2.30. The minimum absolute atomic E-state index is 0.213. The maximum atomic E-state index is 13.2. The summed E-state index contributed by atoms with van der Waals surface area (Å²) in [6, 6.07) is 13.6. The van der Waals surface area contributed by atoms with Gasteiger partial charge in [-0.3, -0.25) is 0 Å². The fourth-order valence-corrected chi connectivity index (χ4v) is 3.57. The van der Waals surface area contributed by atoms with E-state index in [0.717, 1.165) is 23.0 Å². The highest BCUT2D eigenvalue weighted by atomic mass is 79.9. The van der Waals surface area contributed by atoms with Crippen LogP contribution < -0.4 is 5.32 Å². The number of likely N-dealkylation sites (N-methyl/N-ethyl adjacent to an activating group) is 1. The van der Waals surface area contributed by atoms with Crippen molar-refractivity contribution in [2.75, 3.05) is 12.8 Å². The van der Waals surface area contributed by atoms with Crippen LogP contribution in [0, 0.1) is 5.82 Å². The monoisotopic (exact) mass is 367 g/mol. The van der Waals surface area contributed by atoms with E-state index in [-0.39, 0.29) is 11.9 Å². The molecule has 21 heavy (non-hydrogen) atoms. The van der Waals surface area contributed by atoms with Crippen LogP contribution in [0.1, 0.15) is 24.1 Å². The molecule has 0 bridgehead atoms. The summed E-state index contributed by atoms with van der Waals surface area (Å²) in [6.45, 7) is 3.00. The highest BCUT2D eigenvalue weighted by Gasteiger charge is 2.16. The Morgan fingerprint density at radius 1 is 1.24 bits per heavy atom. The maximum Gasteiger partial charge on any atom is 0.124 e. The van der Waals surface area contributed by atoms with Gasteiger partial charge in [-0.1, -0.05) is 47.1 Å². The average molecular weight is 368 g/mol. The molecule has 0 aromatic heterocycles. The van der Waals surface area contributed by atoms with Crippen molar-refractivity contribution in [3.05, 3.63) is 63.9 Å². The van der Waals surface area contributed by atoms with E-state index < -0.39 is 0 Å². The third-order valence-corrected chi connectivity index (χ3v) is 4.95. The van der Waals surface area contributed by atoms with Crippen LogP contribution in [0.3, 0.4) is 0 Å². The molecular formula is C17H19BrFNS. The smallest absolute Gasteiger partial charge is 0.124 e. The molecule has 1 atom stereocenters. The molecule has 0 amide bonds. The lowest BCUT2D eigenvalue weighted by molar-refractivity contribution is 0.540. The molecule has 2 rings (SSSR count). The van der Waals surface area contributed by atoms with Crippen molar-refractivity contribution >= 4 is 27.7 Å². The molecular weight excluding hydrogens is 349 g/mol. The molecule has 0 aliphatic carbocycles. The largest absolute Gasteiger partial charge is 0.310 e. The molecule has 2 aromatic carbocycles. The molecule has 1 N–H and O–H groups in total. The third-order valence-electron chi connectivity index (χ3n) is 3.40. The van der Waals surface area contributed by atoms with Gasteiger partial charge in [0.25, 0.3) is 0 Å². The predicted octanol–water partition coefficient (Wildman–Crippen LogP) is 5.20. The Morgan fingerprint density at radius 3 is 2.67 bits per heavy atom. The van der Waals surface area contributed by atoms with Gasteiger partial charge in [-0.2, -0.15) is 0 Å². The Kier molecular flexibility index (Phi) is 6.27. The molecule has 0 heterocycles. The topological polar surface area (TPSA) is 12.0 Å². The molecule has 1 unspecified atom stereocenters. The fourth-order valence-electron chi connectivity index (χ4n) is 2.40. The molecule has 0 fully saturated rings.